The second-order valence-electron chi connectivity index (χ2n) is 4.92. The normalized spacial score (nSPS) is 10.5. The molecule has 23 heavy (non-hydrogen) atoms. The highest BCUT2D eigenvalue weighted by Gasteiger charge is 2.10. The lowest BCUT2D eigenvalue weighted by Crippen LogP contribution is -2.06. The SMILES string of the molecule is CCOC(=O)c1ccnc(Nc2nc3ccccc3nc2C)c1. The first-order valence-electron chi connectivity index (χ1n) is 7.31. The Morgan fingerprint density at radius 1 is 1.17 bits per heavy atom. The van der Waals surface area contributed by atoms with Gasteiger partial charge in [-0.1, -0.05) is 12.1 Å². The van der Waals surface area contributed by atoms with Crippen LogP contribution in [0.1, 0.15) is 23.0 Å². The van der Waals surface area contributed by atoms with Gasteiger partial charge in [-0.3, -0.25) is 0 Å². The van der Waals surface area contributed by atoms with Crippen LogP contribution in [0.4, 0.5) is 11.6 Å². The zero-order valence-electron chi connectivity index (χ0n) is 12.9. The van der Waals surface area contributed by atoms with Crippen molar-refractivity contribution >= 4 is 28.6 Å². The van der Waals surface area contributed by atoms with Crippen molar-refractivity contribution in [2.75, 3.05) is 11.9 Å². The molecule has 0 aliphatic rings. The molecule has 0 fully saturated rings. The first kappa shape index (κ1) is 14.9. The van der Waals surface area contributed by atoms with Gasteiger partial charge in [0.25, 0.3) is 0 Å². The van der Waals surface area contributed by atoms with Gasteiger partial charge in [0.1, 0.15) is 5.82 Å². The predicted octanol–water partition coefficient (Wildman–Crippen LogP) is 3.25. The minimum Gasteiger partial charge on any atom is -0.462 e. The molecule has 0 saturated heterocycles. The Balaban J connectivity index is 1.91. The lowest BCUT2D eigenvalue weighted by molar-refractivity contribution is 0.0526. The Morgan fingerprint density at radius 3 is 2.65 bits per heavy atom. The summed E-state index contributed by atoms with van der Waals surface area (Å²) in [5.41, 5.74) is 2.83. The fraction of sp³-hybridized carbons (Fsp3) is 0.176. The number of para-hydroxylation sites is 2. The number of rotatable bonds is 4. The Morgan fingerprint density at radius 2 is 1.91 bits per heavy atom. The van der Waals surface area contributed by atoms with E-state index >= 15 is 0 Å². The summed E-state index contributed by atoms with van der Waals surface area (Å²) in [4.78, 5) is 25.1. The van der Waals surface area contributed by atoms with Crippen LogP contribution in [0.15, 0.2) is 42.6 Å². The van der Waals surface area contributed by atoms with Crippen molar-refractivity contribution < 1.29 is 9.53 Å². The van der Waals surface area contributed by atoms with Gasteiger partial charge in [0.05, 0.1) is 28.9 Å². The zero-order valence-corrected chi connectivity index (χ0v) is 12.9. The topological polar surface area (TPSA) is 77.0 Å². The van der Waals surface area contributed by atoms with Crippen molar-refractivity contribution in [1.82, 2.24) is 15.0 Å². The van der Waals surface area contributed by atoms with Crippen LogP contribution in [0, 0.1) is 6.92 Å². The number of aryl methyl sites for hydroxylation is 1. The van der Waals surface area contributed by atoms with E-state index in [2.05, 4.69) is 20.3 Å². The van der Waals surface area contributed by atoms with Crippen LogP contribution in [-0.4, -0.2) is 27.5 Å². The van der Waals surface area contributed by atoms with Crippen LogP contribution in [0.2, 0.25) is 0 Å². The fourth-order valence-electron chi connectivity index (χ4n) is 2.17. The third-order valence-electron chi connectivity index (χ3n) is 3.26. The maximum Gasteiger partial charge on any atom is 0.338 e. The van der Waals surface area contributed by atoms with E-state index in [-0.39, 0.29) is 5.97 Å². The zero-order chi connectivity index (χ0) is 16.2. The van der Waals surface area contributed by atoms with Crippen molar-refractivity contribution in [3.8, 4) is 0 Å². The molecule has 3 rings (SSSR count). The molecule has 0 aliphatic heterocycles. The first-order valence-corrected chi connectivity index (χ1v) is 7.31. The summed E-state index contributed by atoms with van der Waals surface area (Å²) < 4.78 is 4.99. The summed E-state index contributed by atoms with van der Waals surface area (Å²) in [7, 11) is 0. The lowest BCUT2D eigenvalue weighted by atomic mass is 10.2. The summed E-state index contributed by atoms with van der Waals surface area (Å²) in [6.45, 7) is 3.97. The van der Waals surface area contributed by atoms with E-state index in [0.29, 0.717) is 23.8 Å². The quantitative estimate of drug-likeness (QED) is 0.745. The van der Waals surface area contributed by atoms with Crippen molar-refractivity contribution in [2.45, 2.75) is 13.8 Å². The van der Waals surface area contributed by atoms with Crippen LogP contribution in [-0.2, 0) is 4.74 Å². The number of ether oxygens (including phenoxy) is 1. The van der Waals surface area contributed by atoms with E-state index in [1.807, 2.05) is 31.2 Å². The molecule has 0 spiro atoms. The molecule has 0 radical (unpaired) electrons. The summed E-state index contributed by atoms with van der Waals surface area (Å²) in [5.74, 6) is 0.750. The highest BCUT2D eigenvalue weighted by atomic mass is 16.5. The van der Waals surface area contributed by atoms with E-state index in [9.17, 15) is 4.79 Å². The molecule has 2 heterocycles. The number of carbonyl (C=O) groups excluding carboxylic acids is 1. The Bertz CT molecular complexity index is 864. The van der Waals surface area contributed by atoms with Gasteiger partial charge in [-0.15, -0.1) is 0 Å². The second kappa shape index (κ2) is 6.39. The Kier molecular flexibility index (Phi) is 4.14. The fourth-order valence-corrected chi connectivity index (χ4v) is 2.17. The molecule has 6 nitrogen and oxygen atoms in total. The number of hydrogen-bond acceptors (Lipinski definition) is 6. The van der Waals surface area contributed by atoms with Gasteiger partial charge < -0.3 is 10.1 Å². The van der Waals surface area contributed by atoms with Gasteiger partial charge in [-0.2, -0.15) is 0 Å². The first-order chi connectivity index (χ1) is 11.2. The number of pyridine rings is 1. The summed E-state index contributed by atoms with van der Waals surface area (Å²) in [6, 6.07) is 10.9. The minimum atomic E-state index is -0.376. The number of hydrogen-bond donors (Lipinski definition) is 1. The van der Waals surface area contributed by atoms with E-state index in [1.54, 1.807) is 25.3 Å². The molecule has 1 aromatic carbocycles. The maximum absolute atomic E-state index is 11.8. The van der Waals surface area contributed by atoms with E-state index in [0.717, 1.165) is 16.7 Å². The number of esters is 1. The Hall–Kier alpha value is -3.02. The van der Waals surface area contributed by atoms with Gasteiger partial charge in [0.2, 0.25) is 0 Å². The van der Waals surface area contributed by atoms with Crippen molar-refractivity contribution in [3.05, 3.63) is 53.9 Å². The lowest BCUT2D eigenvalue weighted by Gasteiger charge is -2.09. The van der Waals surface area contributed by atoms with Gasteiger partial charge in [-0.05, 0) is 38.1 Å². The molecule has 6 heteroatoms. The predicted molar refractivity (Wildman–Crippen MR) is 87.8 cm³/mol. The molecular formula is C17H16N4O2. The standard InChI is InChI=1S/C17H16N4O2/c1-3-23-17(22)12-8-9-18-15(10-12)21-16-11(2)19-13-6-4-5-7-14(13)20-16/h4-10H,3H2,1-2H3,(H,18,20,21). The maximum atomic E-state index is 11.8. The number of nitrogens with one attached hydrogen (secondary N) is 1. The van der Waals surface area contributed by atoms with Gasteiger partial charge >= 0.3 is 5.97 Å². The van der Waals surface area contributed by atoms with Crippen molar-refractivity contribution in [3.63, 3.8) is 0 Å². The third kappa shape index (κ3) is 3.26. The molecule has 0 atom stereocenters. The number of benzene rings is 1. The van der Waals surface area contributed by atoms with E-state index in [4.69, 9.17) is 4.74 Å². The highest BCUT2D eigenvalue weighted by Crippen LogP contribution is 2.20. The van der Waals surface area contributed by atoms with Gasteiger partial charge in [-0.25, -0.2) is 19.7 Å². The van der Waals surface area contributed by atoms with Crippen molar-refractivity contribution in [1.29, 1.82) is 0 Å². The largest absolute Gasteiger partial charge is 0.462 e. The molecule has 0 unspecified atom stereocenters. The Labute approximate surface area is 133 Å². The molecule has 0 amide bonds. The molecule has 0 saturated carbocycles. The van der Waals surface area contributed by atoms with E-state index < -0.39 is 0 Å². The van der Waals surface area contributed by atoms with Crippen molar-refractivity contribution in [2.24, 2.45) is 0 Å². The average Bonchev–Trinajstić information content (AvgIpc) is 2.56. The summed E-state index contributed by atoms with van der Waals surface area (Å²) in [5, 5.41) is 3.11. The number of carbonyl (C=O) groups is 1. The molecule has 116 valence electrons. The average molecular weight is 308 g/mol. The molecule has 2 aromatic heterocycles. The molecular weight excluding hydrogens is 292 g/mol. The van der Waals surface area contributed by atoms with Crippen LogP contribution >= 0.6 is 0 Å². The molecule has 0 aliphatic carbocycles. The summed E-state index contributed by atoms with van der Waals surface area (Å²) >= 11 is 0. The smallest absolute Gasteiger partial charge is 0.338 e. The van der Waals surface area contributed by atoms with E-state index in [1.165, 1.54) is 0 Å². The highest BCUT2D eigenvalue weighted by molar-refractivity contribution is 5.90. The van der Waals surface area contributed by atoms with Crippen LogP contribution in [0.25, 0.3) is 11.0 Å². The molecule has 1 N–H and O–H groups in total. The van der Waals surface area contributed by atoms with Gasteiger partial charge in [0, 0.05) is 6.20 Å². The number of aromatic nitrogens is 3. The van der Waals surface area contributed by atoms with Crippen LogP contribution in [0.5, 0.6) is 0 Å². The molecule has 0 bridgehead atoms. The number of anilines is 2. The minimum absolute atomic E-state index is 0.333. The number of nitrogens with zero attached hydrogens (tertiary/aromatic N) is 3. The number of fused-ring (bicyclic) bond motifs is 1. The summed E-state index contributed by atoms with van der Waals surface area (Å²) in [6.07, 6.45) is 1.55. The second-order valence-corrected chi connectivity index (χ2v) is 4.92. The monoisotopic (exact) mass is 308 g/mol. The van der Waals surface area contributed by atoms with Crippen LogP contribution < -0.4 is 5.32 Å². The van der Waals surface area contributed by atoms with Crippen LogP contribution in [0.3, 0.4) is 0 Å². The van der Waals surface area contributed by atoms with Gasteiger partial charge in [0.15, 0.2) is 5.82 Å². The third-order valence-corrected chi connectivity index (χ3v) is 3.26. The molecule has 3 aromatic rings.